The first-order chi connectivity index (χ1) is 5.84. The van der Waals surface area contributed by atoms with Crippen molar-refractivity contribution in [3.8, 4) is 0 Å². The van der Waals surface area contributed by atoms with Gasteiger partial charge in [0, 0.05) is 33.3 Å². The van der Waals surface area contributed by atoms with Crippen molar-refractivity contribution in [3.05, 3.63) is 10.4 Å². The molecule has 0 aliphatic heterocycles. The highest BCUT2D eigenvalue weighted by molar-refractivity contribution is 7.85. The second kappa shape index (κ2) is 5.17. The normalized spacial score (nSPS) is 20.3. The molecular weight excluding hydrogens is 174 g/mol. The van der Waals surface area contributed by atoms with E-state index in [0.29, 0.717) is 17.5 Å². The van der Waals surface area contributed by atoms with E-state index in [1.165, 1.54) is 12.8 Å². The van der Waals surface area contributed by atoms with Crippen LogP contribution in [0.1, 0.15) is 25.7 Å². The molecule has 1 fully saturated rings. The van der Waals surface area contributed by atoms with E-state index in [4.69, 9.17) is 5.53 Å². The average molecular weight is 187 g/mol. The lowest BCUT2D eigenvalue weighted by Gasteiger charge is -2.06. The van der Waals surface area contributed by atoms with Crippen LogP contribution in [0.2, 0.25) is 0 Å². The maximum atomic E-state index is 11.4. The number of nitrogens with zero attached hydrogens (tertiary/aromatic N) is 3. The molecule has 68 valence electrons. The Morgan fingerprint density at radius 1 is 1.50 bits per heavy atom. The molecule has 1 atom stereocenters. The Hall–Kier alpha value is -0.540. The van der Waals surface area contributed by atoms with Gasteiger partial charge in [-0.25, -0.2) is 0 Å². The van der Waals surface area contributed by atoms with Crippen LogP contribution in [0, 0.1) is 0 Å². The van der Waals surface area contributed by atoms with Crippen LogP contribution in [-0.2, 0) is 10.8 Å². The Labute approximate surface area is 74.4 Å². The van der Waals surface area contributed by atoms with Crippen LogP contribution in [0.5, 0.6) is 0 Å². The molecule has 1 aliphatic carbocycles. The van der Waals surface area contributed by atoms with Crippen LogP contribution in [-0.4, -0.2) is 21.8 Å². The van der Waals surface area contributed by atoms with Gasteiger partial charge in [0.25, 0.3) is 0 Å². The minimum atomic E-state index is -0.762. The zero-order valence-corrected chi connectivity index (χ0v) is 7.79. The molecule has 1 saturated carbocycles. The Balaban J connectivity index is 2.22. The molecule has 5 heteroatoms. The SMILES string of the molecule is [N-]=[N+]=NCCS(=O)C1CCCC1. The van der Waals surface area contributed by atoms with Gasteiger partial charge in [-0.1, -0.05) is 18.0 Å². The van der Waals surface area contributed by atoms with Crippen molar-refractivity contribution < 1.29 is 4.21 Å². The fourth-order valence-corrected chi connectivity index (χ4v) is 2.95. The molecule has 0 spiro atoms. The van der Waals surface area contributed by atoms with Crippen molar-refractivity contribution >= 4 is 10.8 Å². The first-order valence-electron chi connectivity index (χ1n) is 4.22. The summed E-state index contributed by atoms with van der Waals surface area (Å²) in [6.07, 6.45) is 4.58. The second-order valence-corrected chi connectivity index (χ2v) is 4.78. The summed E-state index contributed by atoms with van der Waals surface area (Å²) in [4.78, 5) is 2.62. The molecule has 0 amide bonds. The summed E-state index contributed by atoms with van der Waals surface area (Å²) in [6.45, 7) is 0.375. The molecule has 4 nitrogen and oxygen atoms in total. The lowest BCUT2D eigenvalue weighted by atomic mass is 10.4. The predicted octanol–water partition coefficient (Wildman–Crippen LogP) is 1.99. The van der Waals surface area contributed by atoms with Crippen molar-refractivity contribution in [2.24, 2.45) is 5.11 Å². The van der Waals surface area contributed by atoms with Crippen molar-refractivity contribution in [1.29, 1.82) is 0 Å². The van der Waals surface area contributed by atoms with E-state index in [1.54, 1.807) is 0 Å². The summed E-state index contributed by atoms with van der Waals surface area (Å²) in [5.41, 5.74) is 8.00. The van der Waals surface area contributed by atoms with E-state index < -0.39 is 10.8 Å². The topological polar surface area (TPSA) is 65.8 Å². The van der Waals surface area contributed by atoms with Crippen LogP contribution in [0.3, 0.4) is 0 Å². The third-order valence-electron chi connectivity index (χ3n) is 2.13. The van der Waals surface area contributed by atoms with E-state index >= 15 is 0 Å². The summed E-state index contributed by atoms with van der Waals surface area (Å²) in [5.74, 6) is 0.536. The summed E-state index contributed by atoms with van der Waals surface area (Å²) in [6, 6.07) is 0. The third-order valence-corrected chi connectivity index (χ3v) is 3.93. The van der Waals surface area contributed by atoms with Crippen molar-refractivity contribution in [3.63, 3.8) is 0 Å². The largest absolute Gasteiger partial charge is 0.259 e. The molecule has 1 unspecified atom stereocenters. The molecule has 0 aromatic heterocycles. The Bertz CT molecular complexity index is 207. The van der Waals surface area contributed by atoms with Gasteiger partial charge in [0.1, 0.15) is 0 Å². The molecule has 1 rings (SSSR count). The minimum Gasteiger partial charge on any atom is -0.259 e. The first kappa shape index (κ1) is 9.55. The van der Waals surface area contributed by atoms with Gasteiger partial charge in [0.15, 0.2) is 0 Å². The molecule has 12 heavy (non-hydrogen) atoms. The predicted molar refractivity (Wildman–Crippen MR) is 49.3 cm³/mol. The Morgan fingerprint density at radius 3 is 2.75 bits per heavy atom. The van der Waals surface area contributed by atoms with Crippen molar-refractivity contribution in [2.45, 2.75) is 30.9 Å². The lowest BCUT2D eigenvalue weighted by Crippen LogP contribution is -2.14. The highest BCUT2D eigenvalue weighted by Crippen LogP contribution is 2.22. The maximum absolute atomic E-state index is 11.4. The minimum absolute atomic E-state index is 0.374. The molecule has 1 aliphatic rings. The van der Waals surface area contributed by atoms with E-state index in [9.17, 15) is 4.21 Å². The van der Waals surface area contributed by atoms with E-state index in [1.807, 2.05) is 0 Å². The van der Waals surface area contributed by atoms with Crippen LogP contribution in [0.15, 0.2) is 5.11 Å². The molecular formula is C7H13N3OS. The summed E-state index contributed by atoms with van der Waals surface area (Å²) < 4.78 is 11.4. The van der Waals surface area contributed by atoms with Gasteiger partial charge in [-0.3, -0.25) is 4.21 Å². The smallest absolute Gasteiger partial charge is 0.0373 e. The standard InChI is InChI=1S/C7H13N3OS/c8-10-9-5-6-12(11)7-3-1-2-4-7/h7H,1-6H2. The van der Waals surface area contributed by atoms with Crippen LogP contribution in [0.4, 0.5) is 0 Å². The zero-order valence-electron chi connectivity index (χ0n) is 6.98. The second-order valence-electron chi connectivity index (χ2n) is 2.95. The third kappa shape index (κ3) is 2.83. The highest BCUT2D eigenvalue weighted by atomic mass is 32.2. The van der Waals surface area contributed by atoms with Gasteiger partial charge in [0.2, 0.25) is 0 Å². The molecule has 0 aromatic rings. The van der Waals surface area contributed by atoms with Crippen LogP contribution in [0.25, 0.3) is 10.4 Å². The van der Waals surface area contributed by atoms with Gasteiger partial charge in [-0.15, -0.1) is 0 Å². The molecule has 0 radical (unpaired) electrons. The fraction of sp³-hybridized carbons (Fsp3) is 1.00. The molecule has 0 saturated heterocycles. The van der Waals surface area contributed by atoms with E-state index in [2.05, 4.69) is 10.0 Å². The number of rotatable bonds is 4. The summed E-state index contributed by atoms with van der Waals surface area (Å²) in [5, 5.41) is 3.74. The number of hydrogen-bond acceptors (Lipinski definition) is 2. The summed E-state index contributed by atoms with van der Waals surface area (Å²) >= 11 is 0. The van der Waals surface area contributed by atoms with Gasteiger partial charge >= 0.3 is 0 Å². The number of azide groups is 1. The van der Waals surface area contributed by atoms with Crippen molar-refractivity contribution in [1.82, 2.24) is 0 Å². The average Bonchev–Trinajstić information content (AvgIpc) is 2.56. The first-order valence-corrected chi connectivity index (χ1v) is 5.61. The monoisotopic (exact) mass is 187 g/mol. The number of hydrogen-bond donors (Lipinski definition) is 0. The molecule has 0 N–H and O–H groups in total. The van der Waals surface area contributed by atoms with Crippen LogP contribution >= 0.6 is 0 Å². The Morgan fingerprint density at radius 2 is 2.17 bits per heavy atom. The van der Waals surface area contributed by atoms with Crippen molar-refractivity contribution in [2.75, 3.05) is 12.3 Å². The van der Waals surface area contributed by atoms with Crippen LogP contribution < -0.4 is 0 Å². The van der Waals surface area contributed by atoms with Gasteiger partial charge in [-0.05, 0) is 18.4 Å². The molecule has 0 bridgehead atoms. The van der Waals surface area contributed by atoms with Gasteiger partial charge in [-0.2, -0.15) is 0 Å². The lowest BCUT2D eigenvalue weighted by molar-refractivity contribution is 0.668. The maximum Gasteiger partial charge on any atom is 0.0373 e. The zero-order chi connectivity index (χ0) is 8.81. The fourth-order valence-electron chi connectivity index (χ4n) is 1.49. The van der Waals surface area contributed by atoms with Gasteiger partial charge in [0.05, 0.1) is 0 Å². The Kier molecular flexibility index (Phi) is 4.11. The molecule has 0 aromatic carbocycles. The van der Waals surface area contributed by atoms with E-state index in [-0.39, 0.29) is 0 Å². The van der Waals surface area contributed by atoms with Gasteiger partial charge < -0.3 is 0 Å². The summed E-state index contributed by atoms with van der Waals surface area (Å²) in [7, 11) is -0.762. The highest BCUT2D eigenvalue weighted by Gasteiger charge is 2.20. The quantitative estimate of drug-likeness (QED) is 0.377. The van der Waals surface area contributed by atoms with E-state index in [0.717, 1.165) is 12.8 Å². The molecule has 0 heterocycles.